The maximum Gasteiger partial charge on any atom is 0.271 e. The molecule has 0 unspecified atom stereocenters. The van der Waals surface area contributed by atoms with Gasteiger partial charge in [-0.25, -0.2) is 0 Å². The van der Waals surface area contributed by atoms with Crippen molar-refractivity contribution in [1.82, 2.24) is 9.47 Å². The maximum absolute atomic E-state index is 13.8. The van der Waals surface area contributed by atoms with Crippen molar-refractivity contribution in [2.45, 2.75) is 20.4 Å². The van der Waals surface area contributed by atoms with E-state index in [-0.39, 0.29) is 11.5 Å². The number of carbonyl (C=O) groups is 1. The molecule has 0 aliphatic rings. The number of hydrogen-bond acceptors (Lipinski definition) is 3. The van der Waals surface area contributed by atoms with E-state index in [2.05, 4.69) is 0 Å². The molecule has 33 heavy (non-hydrogen) atoms. The number of amides is 1. The average molecular weight is 441 g/mol. The number of carbonyl (C=O) groups excluding carboxylic acids is 1. The van der Waals surface area contributed by atoms with Gasteiger partial charge in [-0.15, -0.1) is 0 Å². The Bertz CT molecular complexity index is 1390. The Labute approximate surface area is 193 Å². The predicted molar refractivity (Wildman–Crippen MR) is 133 cm³/mol. The largest absolute Gasteiger partial charge is 0.497 e. The Kier molecular flexibility index (Phi) is 6.05. The molecule has 1 heterocycles. The zero-order valence-corrected chi connectivity index (χ0v) is 19.7. The molecular formula is C28H28N2O3. The highest BCUT2D eigenvalue weighted by molar-refractivity contribution is 6.08. The summed E-state index contributed by atoms with van der Waals surface area (Å²) in [7, 11) is 5.06. The third-order valence-corrected chi connectivity index (χ3v) is 6.20. The number of aryl methyl sites for hydroxylation is 2. The second-order valence-corrected chi connectivity index (χ2v) is 8.45. The van der Waals surface area contributed by atoms with Gasteiger partial charge in [-0.1, -0.05) is 48.5 Å². The van der Waals surface area contributed by atoms with Crippen molar-refractivity contribution in [2.24, 2.45) is 7.05 Å². The minimum atomic E-state index is -0.204. The van der Waals surface area contributed by atoms with E-state index in [4.69, 9.17) is 4.74 Å². The quantitative estimate of drug-likeness (QED) is 0.434. The van der Waals surface area contributed by atoms with Crippen LogP contribution in [0.3, 0.4) is 0 Å². The number of fused-ring (bicyclic) bond motifs is 1. The van der Waals surface area contributed by atoms with Crippen molar-refractivity contribution in [3.63, 3.8) is 0 Å². The van der Waals surface area contributed by atoms with E-state index in [1.807, 2.05) is 80.6 Å². The van der Waals surface area contributed by atoms with Crippen LogP contribution >= 0.6 is 0 Å². The van der Waals surface area contributed by atoms with Gasteiger partial charge in [0, 0.05) is 31.6 Å². The molecule has 0 spiro atoms. The van der Waals surface area contributed by atoms with Gasteiger partial charge in [-0.3, -0.25) is 9.59 Å². The van der Waals surface area contributed by atoms with E-state index in [0.29, 0.717) is 17.6 Å². The first-order chi connectivity index (χ1) is 15.8. The molecule has 4 rings (SSSR count). The van der Waals surface area contributed by atoms with Gasteiger partial charge in [-0.2, -0.15) is 0 Å². The lowest BCUT2D eigenvalue weighted by molar-refractivity contribution is 0.0775. The fraction of sp³-hybridized carbons (Fsp3) is 0.214. The molecule has 0 aliphatic heterocycles. The fourth-order valence-corrected chi connectivity index (χ4v) is 4.18. The minimum absolute atomic E-state index is 0.172. The van der Waals surface area contributed by atoms with Crippen LogP contribution in [0.4, 0.5) is 0 Å². The van der Waals surface area contributed by atoms with Crippen LogP contribution in [-0.4, -0.2) is 29.5 Å². The van der Waals surface area contributed by atoms with E-state index in [1.165, 1.54) is 4.57 Å². The summed E-state index contributed by atoms with van der Waals surface area (Å²) in [6.07, 6.45) is 0. The molecule has 0 fully saturated rings. The SMILES string of the molecule is COc1ccc(CN(C)C(=O)c2c(-c3ccccc3)c3cc(C)c(C)cc3c(=O)n2C)cc1. The number of methoxy groups -OCH3 is 1. The van der Waals surface area contributed by atoms with Crippen molar-refractivity contribution < 1.29 is 9.53 Å². The van der Waals surface area contributed by atoms with E-state index >= 15 is 0 Å². The molecule has 4 aromatic rings. The second kappa shape index (κ2) is 8.94. The summed E-state index contributed by atoms with van der Waals surface area (Å²) in [6.45, 7) is 4.44. The van der Waals surface area contributed by atoms with Crippen LogP contribution in [0.1, 0.15) is 27.2 Å². The topological polar surface area (TPSA) is 51.5 Å². The Morgan fingerprint density at radius 3 is 2.15 bits per heavy atom. The molecule has 3 aromatic carbocycles. The molecule has 0 saturated heterocycles. The molecule has 5 heteroatoms. The van der Waals surface area contributed by atoms with Crippen LogP contribution < -0.4 is 10.3 Å². The molecule has 0 atom stereocenters. The van der Waals surface area contributed by atoms with Crippen LogP contribution in [0, 0.1) is 13.8 Å². The highest BCUT2D eigenvalue weighted by atomic mass is 16.5. The molecule has 0 N–H and O–H groups in total. The van der Waals surface area contributed by atoms with Crippen molar-refractivity contribution >= 4 is 16.7 Å². The first kappa shape index (κ1) is 22.3. The zero-order valence-electron chi connectivity index (χ0n) is 19.7. The lowest BCUT2D eigenvalue weighted by Gasteiger charge is -2.23. The van der Waals surface area contributed by atoms with Gasteiger partial charge < -0.3 is 14.2 Å². The zero-order chi connectivity index (χ0) is 23.7. The van der Waals surface area contributed by atoms with Crippen molar-refractivity contribution in [2.75, 3.05) is 14.2 Å². The highest BCUT2D eigenvalue weighted by Crippen LogP contribution is 2.32. The lowest BCUT2D eigenvalue weighted by atomic mass is 9.93. The summed E-state index contributed by atoms with van der Waals surface area (Å²) < 4.78 is 6.72. The van der Waals surface area contributed by atoms with Crippen molar-refractivity contribution in [3.8, 4) is 16.9 Å². The van der Waals surface area contributed by atoms with Crippen LogP contribution in [0.25, 0.3) is 21.9 Å². The standard InChI is InChI=1S/C28H28N2O3/c1-18-15-23-24(16-19(18)2)27(31)30(4)26(25(23)21-9-7-6-8-10-21)28(32)29(3)17-20-11-13-22(33-5)14-12-20/h6-16H,17H2,1-5H3. The third-order valence-electron chi connectivity index (χ3n) is 6.20. The summed E-state index contributed by atoms with van der Waals surface area (Å²) in [4.78, 5) is 28.8. The Hall–Kier alpha value is -3.86. The molecular weight excluding hydrogens is 412 g/mol. The average Bonchev–Trinajstić information content (AvgIpc) is 2.83. The summed E-state index contributed by atoms with van der Waals surface area (Å²) in [6, 6.07) is 21.4. The van der Waals surface area contributed by atoms with Gasteiger partial charge >= 0.3 is 0 Å². The van der Waals surface area contributed by atoms with Gasteiger partial charge in [-0.05, 0) is 59.7 Å². The smallest absolute Gasteiger partial charge is 0.271 e. The third kappa shape index (κ3) is 4.14. The van der Waals surface area contributed by atoms with Crippen LogP contribution in [-0.2, 0) is 13.6 Å². The number of benzene rings is 3. The lowest BCUT2D eigenvalue weighted by Crippen LogP contribution is -2.33. The van der Waals surface area contributed by atoms with Gasteiger partial charge in [0.1, 0.15) is 11.4 Å². The van der Waals surface area contributed by atoms with E-state index in [9.17, 15) is 9.59 Å². The van der Waals surface area contributed by atoms with Crippen molar-refractivity contribution in [3.05, 3.63) is 99.5 Å². The summed E-state index contributed by atoms with van der Waals surface area (Å²) in [5.74, 6) is 0.561. The van der Waals surface area contributed by atoms with E-state index in [0.717, 1.165) is 39.0 Å². The molecule has 0 bridgehead atoms. The van der Waals surface area contributed by atoms with Gasteiger partial charge in [0.05, 0.1) is 7.11 Å². The Balaban J connectivity index is 1.90. The second-order valence-electron chi connectivity index (χ2n) is 8.45. The normalized spacial score (nSPS) is 10.9. The summed E-state index contributed by atoms with van der Waals surface area (Å²) in [5, 5.41) is 1.42. The van der Waals surface area contributed by atoms with Gasteiger partial charge in [0.15, 0.2) is 0 Å². The molecule has 0 aliphatic carbocycles. The summed E-state index contributed by atoms with van der Waals surface area (Å²) >= 11 is 0. The van der Waals surface area contributed by atoms with Gasteiger partial charge in [0.2, 0.25) is 0 Å². The summed E-state index contributed by atoms with van der Waals surface area (Å²) in [5.41, 5.74) is 5.01. The highest BCUT2D eigenvalue weighted by Gasteiger charge is 2.24. The maximum atomic E-state index is 13.8. The Morgan fingerprint density at radius 1 is 0.939 bits per heavy atom. The molecule has 0 saturated carbocycles. The van der Waals surface area contributed by atoms with Gasteiger partial charge in [0.25, 0.3) is 11.5 Å². The predicted octanol–water partition coefficient (Wildman–Crippen LogP) is 5.10. The molecule has 1 aromatic heterocycles. The number of ether oxygens (including phenoxy) is 1. The van der Waals surface area contributed by atoms with Crippen molar-refractivity contribution in [1.29, 1.82) is 0 Å². The Morgan fingerprint density at radius 2 is 1.55 bits per heavy atom. The van der Waals surface area contributed by atoms with E-state index < -0.39 is 0 Å². The first-order valence-corrected chi connectivity index (χ1v) is 10.9. The minimum Gasteiger partial charge on any atom is -0.497 e. The van der Waals surface area contributed by atoms with Crippen LogP contribution in [0.5, 0.6) is 5.75 Å². The number of nitrogens with zero attached hydrogens (tertiary/aromatic N) is 2. The first-order valence-electron chi connectivity index (χ1n) is 10.9. The molecule has 5 nitrogen and oxygen atoms in total. The van der Waals surface area contributed by atoms with Crippen LogP contribution in [0.15, 0.2) is 71.5 Å². The fourth-order valence-electron chi connectivity index (χ4n) is 4.18. The number of hydrogen-bond donors (Lipinski definition) is 0. The van der Waals surface area contributed by atoms with E-state index in [1.54, 1.807) is 26.1 Å². The number of pyridine rings is 1. The molecule has 0 radical (unpaired) electrons. The monoisotopic (exact) mass is 440 g/mol. The number of rotatable bonds is 5. The molecule has 1 amide bonds. The molecule has 168 valence electrons. The van der Waals surface area contributed by atoms with Crippen LogP contribution in [0.2, 0.25) is 0 Å². The number of aromatic nitrogens is 1.